The second kappa shape index (κ2) is 8.46. The number of amides is 1. The Morgan fingerprint density at radius 3 is 2.50 bits per heavy atom. The Hall–Kier alpha value is -2.17. The van der Waals surface area contributed by atoms with Gasteiger partial charge < -0.3 is 4.90 Å². The molecule has 0 atom stereocenters. The molecule has 0 N–H and O–H groups in total. The fourth-order valence-corrected chi connectivity index (χ4v) is 4.95. The van der Waals surface area contributed by atoms with Crippen LogP contribution in [0.4, 0.5) is 0 Å². The molecule has 0 unspecified atom stereocenters. The summed E-state index contributed by atoms with van der Waals surface area (Å²) in [5.74, 6) is 0.198. The van der Waals surface area contributed by atoms with E-state index in [0.717, 1.165) is 36.9 Å². The van der Waals surface area contributed by atoms with Gasteiger partial charge in [-0.2, -0.15) is 11.3 Å². The first kappa shape index (κ1) is 19.2. The molecule has 1 aliphatic carbocycles. The number of thiophene rings is 1. The predicted molar refractivity (Wildman–Crippen MR) is 114 cm³/mol. The Morgan fingerprint density at radius 2 is 1.86 bits per heavy atom. The largest absolute Gasteiger partial charge is 0.332 e. The summed E-state index contributed by atoms with van der Waals surface area (Å²) >= 11 is 7.77. The van der Waals surface area contributed by atoms with E-state index in [4.69, 9.17) is 11.6 Å². The zero-order valence-corrected chi connectivity index (χ0v) is 17.3. The van der Waals surface area contributed by atoms with Gasteiger partial charge in [0, 0.05) is 17.8 Å². The van der Waals surface area contributed by atoms with Crippen molar-refractivity contribution in [2.24, 2.45) is 0 Å². The minimum Gasteiger partial charge on any atom is -0.332 e. The van der Waals surface area contributed by atoms with Crippen LogP contribution in [0.2, 0.25) is 5.02 Å². The zero-order valence-electron chi connectivity index (χ0n) is 15.7. The smallest absolute Gasteiger partial charge is 0.233 e. The highest BCUT2D eigenvalue weighted by Gasteiger charge is 2.45. The van der Waals surface area contributed by atoms with E-state index < -0.39 is 5.41 Å². The van der Waals surface area contributed by atoms with Crippen molar-refractivity contribution in [2.45, 2.75) is 44.2 Å². The number of pyridine rings is 1. The Balaban J connectivity index is 1.68. The van der Waals surface area contributed by atoms with E-state index in [1.165, 1.54) is 5.56 Å². The van der Waals surface area contributed by atoms with Crippen LogP contribution in [0.25, 0.3) is 0 Å². The summed E-state index contributed by atoms with van der Waals surface area (Å²) in [6.07, 6.45) is 5.70. The molecule has 3 nitrogen and oxygen atoms in total. The first-order valence-electron chi connectivity index (χ1n) is 9.64. The summed E-state index contributed by atoms with van der Waals surface area (Å²) in [6.45, 7) is 1.12. The summed E-state index contributed by atoms with van der Waals surface area (Å²) in [6, 6.07) is 15.8. The molecule has 1 saturated carbocycles. The van der Waals surface area contributed by atoms with Crippen LogP contribution in [0, 0.1) is 0 Å². The quantitative estimate of drug-likeness (QED) is 0.511. The molecular weight excluding hydrogens is 388 g/mol. The monoisotopic (exact) mass is 410 g/mol. The predicted octanol–water partition coefficient (Wildman–Crippen LogP) is 5.84. The minimum atomic E-state index is -0.463. The van der Waals surface area contributed by atoms with Crippen LogP contribution in [0.1, 0.15) is 42.5 Å². The van der Waals surface area contributed by atoms with E-state index in [1.54, 1.807) is 17.5 Å². The van der Waals surface area contributed by atoms with Crippen LogP contribution in [0.15, 0.2) is 65.5 Å². The number of aromatic nitrogens is 1. The van der Waals surface area contributed by atoms with Gasteiger partial charge in [-0.15, -0.1) is 0 Å². The van der Waals surface area contributed by atoms with Gasteiger partial charge in [-0.3, -0.25) is 9.78 Å². The number of halogens is 1. The molecule has 4 rings (SSSR count). The van der Waals surface area contributed by atoms with Crippen molar-refractivity contribution >= 4 is 28.8 Å². The van der Waals surface area contributed by atoms with Gasteiger partial charge in [0.05, 0.1) is 17.7 Å². The molecule has 1 aliphatic rings. The maximum absolute atomic E-state index is 14.0. The molecule has 1 aromatic carbocycles. The number of carbonyl (C=O) groups is 1. The van der Waals surface area contributed by atoms with Gasteiger partial charge in [-0.05, 0) is 65.1 Å². The lowest BCUT2D eigenvalue weighted by Crippen LogP contribution is -2.45. The molecule has 5 heteroatoms. The summed E-state index contributed by atoms with van der Waals surface area (Å²) in [5, 5.41) is 4.87. The fourth-order valence-electron chi connectivity index (χ4n) is 4.17. The van der Waals surface area contributed by atoms with E-state index in [9.17, 15) is 4.79 Å². The lowest BCUT2D eigenvalue weighted by atomic mass is 9.77. The van der Waals surface area contributed by atoms with E-state index >= 15 is 0 Å². The number of benzene rings is 1. The first-order chi connectivity index (χ1) is 13.7. The van der Waals surface area contributed by atoms with Crippen molar-refractivity contribution in [1.82, 2.24) is 9.88 Å². The summed E-state index contributed by atoms with van der Waals surface area (Å²) in [5.41, 5.74) is 2.69. The second-order valence-electron chi connectivity index (χ2n) is 7.41. The van der Waals surface area contributed by atoms with E-state index in [-0.39, 0.29) is 5.91 Å². The third-order valence-corrected chi connectivity index (χ3v) is 6.57. The van der Waals surface area contributed by atoms with Crippen molar-refractivity contribution in [3.05, 3.63) is 87.3 Å². The molecule has 2 aromatic heterocycles. The van der Waals surface area contributed by atoms with Gasteiger partial charge in [0.15, 0.2) is 0 Å². The molecule has 0 spiro atoms. The van der Waals surface area contributed by atoms with Crippen molar-refractivity contribution in [3.8, 4) is 0 Å². The molecule has 1 fully saturated rings. The maximum Gasteiger partial charge on any atom is 0.233 e. The van der Waals surface area contributed by atoms with Crippen molar-refractivity contribution in [3.63, 3.8) is 0 Å². The summed E-state index contributed by atoms with van der Waals surface area (Å²) in [7, 11) is 0. The summed E-state index contributed by atoms with van der Waals surface area (Å²) in [4.78, 5) is 20.4. The normalized spacial score (nSPS) is 15.5. The molecule has 1 amide bonds. The van der Waals surface area contributed by atoms with Gasteiger partial charge in [0.25, 0.3) is 0 Å². The highest BCUT2D eigenvalue weighted by atomic mass is 35.5. The van der Waals surface area contributed by atoms with E-state index in [2.05, 4.69) is 21.8 Å². The van der Waals surface area contributed by atoms with Crippen LogP contribution in [-0.2, 0) is 23.3 Å². The van der Waals surface area contributed by atoms with Gasteiger partial charge >= 0.3 is 0 Å². The Morgan fingerprint density at radius 1 is 1.07 bits per heavy atom. The highest BCUT2D eigenvalue weighted by Crippen LogP contribution is 2.43. The molecule has 3 aromatic rings. The molecule has 0 bridgehead atoms. The number of carbonyl (C=O) groups excluding carboxylic acids is 1. The second-order valence-corrected chi connectivity index (χ2v) is 8.63. The number of nitrogens with zero attached hydrogens (tertiary/aromatic N) is 2. The van der Waals surface area contributed by atoms with Crippen LogP contribution < -0.4 is 0 Å². The number of hydrogen-bond acceptors (Lipinski definition) is 3. The van der Waals surface area contributed by atoms with Crippen molar-refractivity contribution in [2.75, 3.05) is 0 Å². The average Bonchev–Trinajstić information content (AvgIpc) is 3.41. The van der Waals surface area contributed by atoms with Gasteiger partial charge in [-0.1, -0.05) is 42.6 Å². The van der Waals surface area contributed by atoms with Crippen LogP contribution >= 0.6 is 22.9 Å². The van der Waals surface area contributed by atoms with Gasteiger partial charge in [0.2, 0.25) is 5.91 Å². The van der Waals surface area contributed by atoms with Crippen molar-refractivity contribution < 1.29 is 4.79 Å². The fraction of sp³-hybridized carbons (Fsp3) is 0.304. The van der Waals surface area contributed by atoms with E-state index in [1.807, 2.05) is 47.4 Å². The zero-order chi connectivity index (χ0) is 19.4. The molecule has 144 valence electrons. The van der Waals surface area contributed by atoms with E-state index in [0.29, 0.717) is 18.1 Å². The first-order valence-corrected chi connectivity index (χ1v) is 11.0. The molecular formula is C23H23ClN2OS. The molecule has 0 radical (unpaired) electrons. The molecule has 2 heterocycles. The van der Waals surface area contributed by atoms with Crippen LogP contribution in [0.3, 0.4) is 0 Å². The SMILES string of the molecule is O=C(N(Cc1ccsc1)Cc1ccccn1)C1(c2ccc(Cl)cc2)CCCC1. The Kier molecular flexibility index (Phi) is 5.79. The third kappa shape index (κ3) is 3.98. The molecule has 28 heavy (non-hydrogen) atoms. The Labute approximate surface area is 175 Å². The van der Waals surface area contributed by atoms with Crippen LogP contribution in [-0.4, -0.2) is 15.8 Å². The van der Waals surface area contributed by atoms with Gasteiger partial charge in [0.1, 0.15) is 0 Å². The number of rotatable bonds is 6. The maximum atomic E-state index is 14.0. The standard InChI is InChI=1S/C23H23ClN2OS/c24-20-8-6-19(7-9-20)23(11-2-3-12-23)22(27)26(15-18-10-14-28-17-18)16-21-5-1-4-13-25-21/h1,4-10,13-14,17H,2-3,11-12,15-16H2. The Bertz CT molecular complexity index is 904. The summed E-state index contributed by atoms with van der Waals surface area (Å²) < 4.78 is 0. The van der Waals surface area contributed by atoms with Crippen LogP contribution in [0.5, 0.6) is 0 Å². The topological polar surface area (TPSA) is 33.2 Å². The third-order valence-electron chi connectivity index (χ3n) is 5.58. The number of hydrogen-bond donors (Lipinski definition) is 0. The molecule has 0 aliphatic heterocycles. The average molecular weight is 411 g/mol. The highest BCUT2D eigenvalue weighted by molar-refractivity contribution is 7.07. The lowest BCUT2D eigenvalue weighted by molar-refractivity contribution is -0.138. The lowest BCUT2D eigenvalue weighted by Gasteiger charge is -2.35. The van der Waals surface area contributed by atoms with Crippen molar-refractivity contribution in [1.29, 1.82) is 0 Å². The molecule has 0 saturated heterocycles. The minimum absolute atomic E-state index is 0.198. The van der Waals surface area contributed by atoms with Gasteiger partial charge in [-0.25, -0.2) is 0 Å².